The summed E-state index contributed by atoms with van der Waals surface area (Å²) < 4.78 is 5.98. The van der Waals surface area contributed by atoms with Crippen LogP contribution in [0.25, 0.3) is 0 Å². The van der Waals surface area contributed by atoms with Gasteiger partial charge in [-0.3, -0.25) is 4.79 Å². The summed E-state index contributed by atoms with van der Waals surface area (Å²) in [4.78, 5) is 11.9. The Kier molecular flexibility index (Phi) is 2.94. The van der Waals surface area contributed by atoms with Gasteiger partial charge in [0.15, 0.2) is 0 Å². The summed E-state index contributed by atoms with van der Waals surface area (Å²) in [6.45, 7) is 2.41. The fraction of sp³-hybridized carbons (Fsp3) is 0.667. The lowest BCUT2D eigenvalue weighted by atomic mass is 9.53. The van der Waals surface area contributed by atoms with E-state index in [1.54, 1.807) is 0 Å². The third kappa shape index (κ3) is 1.76. The summed E-state index contributed by atoms with van der Waals surface area (Å²) in [5.41, 5.74) is 2.80. The molecule has 5 atom stereocenters. The van der Waals surface area contributed by atoms with Crippen molar-refractivity contribution in [3.63, 3.8) is 0 Å². The van der Waals surface area contributed by atoms with E-state index in [1.165, 1.54) is 30.4 Å². The number of aryl methyl sites for hydroxylation is 1. The Morgan fingerprint density at radius 3 is 2.79 bits per heavy atom. The quantitative estimate of drug-likeness (QED) is 0.722. The summed E-state index contributed by atoms with van der Waals surface area (Å²) in [6.07, 6.45) is 8.44. The molecule has 1 saturated heterocycles. The number of phenolic OH excluding ortho intramolecular Hbond substituents is 1. The number of ether oxygens (including phenoxy) is 1. The van der Waals surface area contributed by atoms with Crippen molar-refractivity contribution in [3.05, 3.63) is 29.3 Å². The van der Waals surface area contributed by atoms with Crippen LogP contribution >= 0.6 is 0 Å². The normalized spacial score (nSPS) is 43.2. The standard InChI is InChI=1S/C21H26O3/c1-20-9-6-16-15-5-3-14(22)12-13(15)2-4-17(16)18(20)7-10-21(20)11-8-19(23)24-21/h3,5,12,16-18,22H,2,4,6-11H2,1H3/t16-,17-,18+,20+,21-/m1/s1. The number of phenols is 1. The molecule has 4 aliphatic rings. The van der Waals surface area contributed by atoms with Gasteiger partial charge in [0, 0.05) is 11.8 Å². The first-order valence-electron chi connectivity index (χ1n) is 9.56. The van der Waals surface area contributed by atoms with Gasteiger partial charge in [-0.05, 0) is 86.0 Å². The number of rotatable bonds is 0. The van der Waals surface area contributed by atoms with Crippen molar-refractivity contribution in [1.29, 1.82) is 0 Å². The average Bonchev–Trinajstić information content (AvgIpc) is 3.08. The molecule has 5 rings (SSSR count). The van der Waals surface area contributed by atoms with E-state index in [-0.39, 0.29) is 17.0 Å². The fourth-order valence-electron chi connectivity index (χ4n) is 6.86. The van der Waals surface area contributed by atoms with Crippen LogP contribution in [0, 0.1) is 17.3 Å². The van der Waals surface area contributed by atoms with Crippen LogP contribution in [0.3, 0.4) is 0 Å². The molecule has 0 aromatic heterocycles. The third-order valence-electron chi connectivity index (χ3n) is 8.04. The van der Waals surface area contributed by atoms with Gasteiger partial charge >= 0.3 is 5.97 Å². The lowest BCUT2D eigenvalue weighted by Gasteiger charge is -2.53. The molecular formula is C21H26O3. The van der Waals surface area contributed by atoms with Crippen molar-refractivity contribution in [2.45, 2.75) is 69.8 Å². The molecule has 128 valence electrons. The first-order chi connectivity index (χ1) is 11.5. The Labute approximate surface area is 143 Å². The number of hydrogen-bond acceptors (Lipinski definition) is 3. The highest BCUT2D eigenvalue weighted by molar-refractivity contribution is 5.72. The lowest BCUT2D eigenvalue weighted by Crippen LogP contribution is -2.50. The Balaban J connectivity index is 1.51. The minimum Gasteiger partial charge on any atom is -0.508 e. The number of carbonyl (C=O) groups is 1. The zero-order chi connectivity index (χ0) is 16.5. The Bertz CT molecular complexity index is 711. The number of aromatic hydroxyl groups is 1. The number of fused-ring (bicyclic) bond motifs is 6. The van der Waals surface area contributed by atoms with E-state index in [1.807, 2.05) is 12.1 Å². The maximum Gasteiger partial charge on any atom is 0.306 e. The maximum atomic E-state index is 11.9. The van der Waals surface area contributed by atoms with E-state index in [9.17, 15) is 9.90 Å². The van der Waals surface area contributed by atoms with Crippen molar-refractivity contribution < 1.29 is 14.6 Å². The topological polar surface area (TPSA) is 46.5 Å². The summed E-state index contributed by atoms with van der Waals surface area (Å²) in [7, 11) is 0. The molecular weight excluding hydrogens is 300 g/mol. The minimum atomic E-state index is -0.172. The van der Waals surface area contributed by atoms with Crippen LogP contribution in [0.5, 0.6) is 5.75 Å². The summed E-state index contributed by atoms with van der Waals surface area (Å²) in [6, 6.07) is 5.97. The maximum absolute atomic E-state index is 11.9. The van der Waals surface area contributed by atoms with Crippen molar-refractivity contribution in [3.8, 4) is 5.75 Å². The van der Waals surface area contributed by atoms with Crippen molar-refractivity contribution in [2.75, 3.05) is 0 Å². The molecule has 2 saturated carbocycles. The third-order valence-corrected chi connectivity index (χ3v) is 8.04. The molecule has 0 radical (unpaired) electrons. The summed E-state index contributed by atoms with van der Waals surface area (Å²) in [5, 5.41) is 9.79. The number of carbonyl (C=O) groups excluding carboxylic acids is 1. The highest BCUT2D eigenvalue weighted by atomic mass is 16.6. The van der Waals surface area contributed by atoms with Crippen LogP contribution in [-0.4, -0.2) is 16.7 Å². The van der Waals surface area contributed by atoms with Gasteiger partial charge in [-0.2, -0.15) is 0 Å². The van der Waals surface area contributed by atoms with E-state index in [2.05, 4.69) is 13.0 Å². The molecule has 24 heavy (non-hydrogen) atoms. The largest absolute Gasteiger partial charge is 0.508 e. The van der Waals surface area contributed by atoms with Crippen LogP contribution in [0.1, 0.15) is 68.9 Å². The molecule has 0 unspecified atom stereocenters. The van der Waals surface area contributed by atoms with Crippen LogP contribution < -0.4 is 0 Å². The summed E-state index contributed by atoms with van der Waals surface area (Å²) >= 11 is 0. The molecule has 3 nitrogen and oxygen atoms in total. The van der Waals surface area contributed by atoms with Crippen molar-refractivity contribution >= 4 is 5.97 Å². The molecule has 3 heteroatoms. The minimum absolute atomic E-state index is 0.0171. The van der Waals surface area contributed by atoms with E-state index in [4.69, 9.17) is 4.74 Å². The van der Waals surface area contributed by atoms with Gasteiger partial charge in [-0.1, -0.05) is 13.0 Å². The zero-order valence-electron chi connectivity index (χ0n) is 14.4. The molecule has 0 amide bonds. The first-order valence-corrected chi connectivity index (χ1v) is 9.56. The van der Waals surface area contributed by atoms with Crippen LogP contribution in [0.2, 0.25) is 0 Å². The first kappa shape index (κ1) is 14.8. The fourth-order valence-corrected chi connectivity index (χ4v) is 6.86. The SMILES string of the molecule is C[C@]12CC[C@@H]3c4ccc(O)cc4CC[C@H]3[C@@H]1CC[C@@]21CCC(=O)O1. The number of hydrogen-bond donors (Lipinski definition) is 1. The van der Waals surface area contributed by atoms with E-state index in [0.29, 0.717) is 29.9 Å². The smallest absolute Gasteiger partial charge is 0.306 e. The number of esters is 1. The van der Waals surface area contributed by atoms with E-state index >= 15 is 0 Å². The summed E-state index contributed by atoms with van der Waals surface area (Å²) in [5.74, 6) is 2.41. The van der Waals surface area contributed by atoms with Gasteiger partial charge in [0.1, 0.15) is 11.4 Å². The molecule has 3 fully saturated rings. The molecule has 1 aromatic rings. The Hall–Kier alpha value is -1.51. The second-order valence-electron chi connectivity index (χ2n) is 8.76. The van der Waals surface area contributed by atoms with Crippen LogP contribution in [0.15, 0.2) is 18.2 Å². The van der Waals surface area contributed by atoms with Gasteiger partial charge in [0.2, 0.25) is 0 Å². The molecule has 1 heterocycles. The highest BCUT2D eigenvalue weighted by Gasteiger charge is 2.65. The second kappa shape index (κ2) is 4.77. The lowest BCUT2D eigenvalue weighted by molar-refractivity contribution is -0.163. The van der Waals surface area contributed by atoms with Crippen LogP contribution in [0.4, 0.5) is 0 Å². The molecule has 0 bridgehead atoms. The van der Waals surface area contributed by atoms with Crippen molar-refractivity contribution in [2.24, 2.45) is 17.3 Å². The Morgan fingerprint density at radius 1 is 1.12 bits per heavy atom. The molecule has 1 spiro atoms. The van der Waals surface area contributed by atoms with Gasteiger partial charge in [0.25, 0.3) is 0 Å². The van der Waals surface area contributed by atoms with E-state index < -0.39 is 0 Å². The second-order valence-corrected chi connectivity index (χ2v) is 8.76. The molecule has 1 N–H and O–H groups in total. The van der Waals surface area contributed by atoms with Gasteiger partial charge in [0.05, 0.1) is 0 Å². The predicted octanol–water partition coefficient (Wildman–Crippen LogP) is 4.32. The van der Waals surface area contributed by atoms with Gasteiger partial charge in [-0.15, -0.1) is 0 Å². The van der Waals surface area contributed by atoms with Crippen LogP contribution in [-0.2, 0) is 16.0 Å². The zero-order valence-corrected chi connectivity index (χ0v) is 14.4. The van der Waals surface area contributed by atoms with Gasteiger partial charge in [-0.25, -0.2) is 0 Å². The monoisotopic (exact) mass is 326 g/mol. The molecule has 3 aliphatic carbocycles. The Morgan fingerprint density at radius 2 is 2.00 bits per heavy atom. The predicted molar refractivity (Wildman–Crippen MR) is 90.8 cm³/mol. The average molecular weight is 326 g/mol. The molecule has 1 aliphatic heterocycles. The van der Waals surface area contributed by atoms with Crippen molar-refractivity contribution in [1.82, 2.24) is 0 Å². The highest BCUT2D eigenvalue weighted by Crippen LogP contribution is 2.67. The number of benzene rings is 1. The molecule has 1 aromatic carbocycles. The van der Waals surface area contributed by atoms with E-state index in [0.717, 1.165) is 25.7 Å². The van der Waals surface area contributed by atoms with Gasteiger partial charge < -0.3 is 9.84 Å².